The van der Waals surface area contributed by atoms with E-state index < -0.39 is 0 Å². The average Bonchev–Trinajstić information content (AvgIpc) is 2.39. The summed E-state index contributed by atoms with van der Waals surface area (Å²) in [5, 5.41) is 12.3. The van der Waals surface area contributed by atoms with Crippen LogP contribution in [0.5, 0.6) is 0 Å². The van der Waals surface area contributed by atoms with Crippen LogP contribution >= 0.6 is 27.7 Å². The number of benzene rings is 1. The van der Waals surface area contributed by atoms with E-state index in [2.05, 4.69) is 26.1 Å². The minimum Gasteiger partial charge on any atom is -0.409 e. The lowest BCUT2D eigenvalue weighted by atomic mass is 10.3. The van der Waals surface area contributed by atoms with Crippen LogP contribution in [0.4, 0.5) is 0 Å². The molecular weight excluding hydrogens is 314 g/mol. The summed E-state index contributed by atoms with van der Waals surface area (Å²) in [5.74, 6) is 0.0569. The second-order valence-corrected chi connectivity index (χ2v) is 5.44. The van der Waals surface area contributed by atoms with Gasteiger partial charge < -0.3 is 10.9 Å². The van der Waals surface area contributed by atoms with Crippen LogP contribution in [0.1, 0.15) is 5.56 Å². The van der Waals surface area contributed by atoms with Gasteiger partial charge in [0.15, 0.2) is 5.84 Å². The Bertz CT molecular complexity index is 572. The van der Waals surface area contributed by atoms with E-state index in [9.17, 15) is 0 Å². The molecule has 3 N–H and O–H groups in total. The van der Waals surface area contributed by atoms with Crippen LogP contribution in [0.15, 0.2) is 62.1 Å². The number of hydrogen-bond donors (Lipinski definition) is 2. The number of rotatable bonds is 3. The molecule has 0 amide bonds. The molecule has 1 heterocycles. The van der Waals surface area contributed by atoms with Crippen molar-refractivity contribution in [1.82, 2.24) is 4.98 Å². The summed E-state index contributed by atoms with van der Waals surface area (Å²) in [6.45, 7) is 0. The van der Waals surface area contributed by atoms with Crippen molar-refractivity contribution in [3.8, 4) is 0 Å². The van der Waals surface area contributed by atoms with Gasteiger partial charge in [-0.2, -0.15) is 0 Å². The van der Waals surface area contributed by atoms with Gasteiger partial charge in [0.2, 0.25) is 0 Å². The molecule has 0 spiro atoms. The molecule has 0 aliphatic heterocycles. The zero-order valence-electron chi connectivity index (χ0n) is 9.25. The summed E-state index contributed by atoms with van der Waals surface area (Å²) >= 11 is 4.97. The highest BCUT2D eigenvalue weighted by atomic mass is 79.9. The minimum absolute atomic E-state index is 0.0569. The molecule has 6 heteroatoms. The number of halogens is 1. The van der Waals surface area contributed by atoms with Crippen molar-refractivity contribution >= 4 is 33.5 Å². The van der Waals surface area contributed by atoms with E-state index in [-0.39, 0.29) is 5.84 Å². The molecule has 2 rings (SSSR count). The fourth-order valence-electron chi connectivity index (χ4n) is 1.30. The number of pyridine rings is 1. The van der Waals surface area contributed by atoms with Crippen LogP contribution in [0.2, 0.25) is 0 Å². The highest BCUT2D eigenvalue weighted by molar-refractivity contribution is 9.10. The molecule has 0 unspecified atom stereocenters. The standard InChI is InChI=1S/C12H10BrN3OS/c13-9-2-1-3-10(6-9)18-11-5-4-8(7-15-11)12(14)16-17/h1-7,17H,(H2,14,16). The van der Waals surface area contributed by atoms with E-state index in [1.54, 1.807) is 24.0 Å². The van der Waals surface area contributed by atoms with E-state index in [4.69, 9.17) is 10.9 Å². The maximum absolute atomic E-state index is 8.55. The highest BCUT2D eigenvalue weighted by Gasteiger charge is 2.02. The average molecular weight is 324 g/mol. The van der Waals surface area contributed by atoms with Crippen LogP contribution in [-0.4, -0.2) is 16.0 Å². The third-order valence-electron chi connectivity index (χ3n) is 2.16. The van der Waals surface area contributed by atoms with Gasteiger partial charge in [-0.05, 0) is 30.3 Å². The van der Waals surface area contributed by atoms with Crippen molar-refractivity contribution in [3.05, 3.63) is 52.6 Å². The van der Waals surface area contributed by atoms with Gasteiger partial charge in [0.05, 0.1) is 0 Å². The van der Waals surface area contributed by atoms with Gasteiger partial charge in [0.25, 0.3) is 0 Å². The normalized spacial score (nSPS) is 11.5. The highest BCUT2D eigenvalue weighted by Crippen LogP contribution is 2.27. The number of hydrogen-bond acceptors (Lipinski definition) is 4. The molecule has 18 heavy (non-hydrogen) atoms. The van der Waals surface area contributed by atoms with Crippen molar-refractivity contribution < 1.29 is 5.21 Å². The molecule has 4 nitrogen and oxygen atoms in total. The van der Waals surface area contributed by atoms with Crippen molar-refractivity contribution in [2.45, 2.75) is 9.92 Å². The fraction of sp³-hybridized carbons (Fsp3) is 0. The lowest BCUT2D eigenvalue weighted by Crippen LogP contribution is -2.13. The van der Waals surface area contributed by atoms with Gasteiger partial charge in [0, 0.05) is 21.1 Å². The molecule has 1 aromatic carbocycles. The Morgan fingerprint density at radius 2 is 2.17 bits per heavy atom. The first-order valence-electron chi connectivity index (χ1n) is 5.06. The fourth-order valence-corrected chi connectivity index (χ4v) is 2.67. The van der Waals surface area contributed by atoms with Gasteiger partial charge in [-0.15, -0.1) is 0 Å². The van der Waals surface area contributed by atoms with Crippen LogP contribution < -0.4 is 5.73 Å². The predicted octanol–water partition coefficient (Wildman–Crippen LogP) is 3.09. The van der Waals surface area contributed by atoms with E-state index in [1.807, 2.05) is 30.3 Å². The monoisotopic (exact) mass is 323 g/mol. The smallest absolute Gasteiger partial charge is 0.171 e. The van der Waals surface area contributed by atoms with E-state index in [0.717, 1.165) is 14.4 Å². The first-order valence-corrected chi connectivity index (χ1v) is 6.67. The van der Waals surface area contributed by atoms with E-state index in [1.165, 1.54) is 0 Å². The van der Waals surface area contributed by atoms with Crippen LogP contribution in [-0.2, 0) is 0 Å². The maximum atomic E-state index is 8.55. The van der Waals surface area contributed by atoms with Gasteiger partial charge in [-0.1, -0.05) is 38.9 Å². The third-order valence-corrected chi connectivity index (χ3v) is 3.59. The Hall–Kier alpha value is -1.53. The minimum atomic E-state index is 0.0569. The molecule has 0 bridgehead atoms. The molecule has 92 valence electrons. The van der Waals surface area contributed by atoms with Crippen molar-refractivity contribution in [2.75, 3.05) is 0 Å². The topological polar surface area (TPSA) is 71.5 Å². The largest absolute Gasteiger partial charge is 0.409 e. The SMILES string of the molecule is NC(=NO)c1ccc(Sc2cccc(Br)c2)nc1. The Labute approximate surface area is 117 Å². The predicted molar refractivity (Wildman–Crippen MR) is 75.0 cm³/mol. The van der Waals surface area contributed by atoms with E-state index >= 15 is 0 Å². The molecule has 1 aromatic heterocycles. The van der Waals surface area contributed by atoms with Gasteiger partial charge in [-0.25, -0.2) is 4.98 Å². The van der Waals surface area contributed by atoms with Gasteiger partial charge in [-0.3, -0.25) is 0 Å². The van der Waals surface area contributed by atoms with Gasteiger partial charge in [0.1, 0.15) is 5.03 Å². The molecule has 0 atom stereocenters. The molecule has 2 aromatic rings. The van der Waals surface area contributed by atoms with Crippen LogP contribution in [0, 0.1) is 0 Å². The summed E-state index contributed by atoms with van der Waals surface area (Å²) < 4.78 is 1.03. The molecular formula is C12H10BrN3OS. The first kappa shape index (κ1) is 12.9. The Morgan fingerprint density at radius 3 is 2.78 bits per heavy atom. The van der Waals surface area contributed by atoms with Crippen molar-refractivity contribution in [3.63, 3.8) is 0 Å². The van der Waals surface area contributed by atoms with Gasteiger partial charge >= 0.3 is 0 Å². The number of aromatic nitrogens is 1. The third kappa shape index (κ3) is 3.24. The van der Waals surface area contributed by atoms with Crippen LogP contribution in [0.25, 0.3) is 0 Å². The Kier molecular flexibility index (Phi) is 4.22. The number of amidine groups is 1. The van der Waals surface area contributed by atoms with Crippen molar-refractivity contribution in [2.24, 2.45) is 10.9 Å². The second-order valence-electron chi connectivity index (χ2n) is 3.43. The summed E-state index contributed by atoms with van der Waals surface area (Å²) in [4.78, 5) is 5.34. The molecule has 0 radical (unpaired) electrons. The lowest BCUT2D eigenvalue weighted by Gasteiger charge is -2.02. The molecule has 0 saturated carbocycles. The zero-order valence-corrected chi connectivity index (χ0v) is 11.6. The quantitative estimate of drug-likeness (QED) is 0.394. The summed E-state index contributed by atoms with van der Waals surface area (Å²) in [5.41, 5.74) is 6.06. The molecule has 0 saturated heterocycles. The summed E-state index contributed by atoms with van der Waals surface area (Å²) in [7, 11) is 0. The lowest BCUT2D eigenvalue weighted by molar-refractivity contribution is 0.318. The summed E-state index contributed by atoms with van der Waals surface area (Å²) in [6, 6.07) is 11.6. The number of oxime groups is 1. The number of nitrogens with two attached hydrogens (primary N) is 1. The van der Waals surface area contributed by atoms with Crippen molar-refractivity contribution in [1.29, 1.82) is 0 Å². The first-order chi connectivity index (χ1) is 8.69. The summed E-state index contributed by atoms with van der Waals surface area (Å²) in [6.07, 6.45) is 1.58. The molecule has 0 aliphatic carbocycles. The Morgan fingerprint density at radius 1 is 1.33 bits per heavy atom. The second kappa shape index (κ2) is 5.88. The maximum Gasteiger partial charge on any atom is 0.171 e. The van der Waals surface area contributed by atoms with Crippen LogP contribution in [0.3, 0.4) is 0 Å². The Balaban J connectivity index is 2.16. The molecule has 0 aliphatic rings. The number of nitrogens with zero attached hydrogens (tertiary/aromatic N) is 2. The molecule has 0 fully saturated rings. The zero-order chi connectivity index (χ0) is 13.0. The van der Waals surface area contributed by atoms with E-state index in [0.29, 0.717) is 5.56 Å².